The fourth-order valence-corrected chi connectivity index (χ4v) is 1.84. The standard InChI is InChI=1S/C12H22N2O3/c1-9-4-7-14(8-5-9)12(17)13-6-3-10(2)11(15)16/h9-10H,3-8H2,1-2H3,(H,13,17)(H,15,16). The lowest BCUT2D eigenvalue weighted by Crippen LogP contribution is -2.44. The molecule has 1 aliphatic rings. The van der Waals surface area contributed by atoms with Crippen molar-refractivity contribution in [1.82, 2.24) is 10.2 Å². The predicted molar refractivity (Wildman–Crippen MR) is 64.8 cm³/mol. The molecule has 0 bridgehead atoms. The average Bonchev–Trinajstić information content (AvgIpc) is 2.29. The van der Waals surface area contributed by atoms with Crippen molar-refractivity contribution in [1.29, 1.82) is 0 Å². The van der Waals surface area contributed by atoms with E-state index in [4.69, 9.17) is 5.11 Å². The number of amides is 2. The van der Waals surface area contributed by atoms with Crippen LogP contribution in [-0.4, -0.2) is 41.6 Å². The molecule has 1 atom stereocenters. The molecule has 2 amide bonds. The lowest BCUT2D eigenvalue weighted by Gasteiger charge is -2.30. The number of carboxylic acid groups (broad SMARTS) is 1. The number of likely N-dealkylation sites (tertiary alicyclic amines) is 1. The Morgan fingerprint density at radius 1 is 1.41 bits per heavy atom. The highest BCUT2D eigenvalue weighted by atomic mass is 16.4. The molecule has 0 aromatic heterocycles. The number of carboxylic acids is 1. The second kappa shape index (κ2) is 6.47. The highest BCUT2D eigenvalue weighted by Gasteiger charge is 2.20. The van der Waals surface area contributed by atoms with E-state index in [9.17, 15) is 9.59 Å². The molecule has 1 aliphatic heterocycles. The lowest BCUT2D eigenvalue weighted by molar-refractivity contribution is -0.141. The van der Waals surface area contributed by atoms with Gasteiger partial charge in [0.25, 0.3) is 0 Å². The van der Waals surface area contributed by atoms with Gasteiger partial charge in [0.1, 0.15) is 0 Å². The lowest BCUT2D eigenvalue weighted by atomic mass is 10.00. The number of aliphatic carboxylic acids is 1. The summed E-state index contributed by atoms with van der Waals surface area (Å²) in [6.07, 6.45) is 2.59. The number of carbonyl (C=O) groups is 2. The Hall–Kier alpha value is -1.26. The van der Waals surface area contributed by atoms with E-state index in [2.05, 4.69) is 12.2 Å². The van der Waals surface area contributed by atoms with Gasteiger partial charge < -0.3 is 15.3 Å². The van der Waals surface area contributed by atoms with Crippen LogP contribution >= 0.6 is 0 Å². The van der Waals surface area contributed by atoms with Gasteiger partial charge in [-0.25, -0.2) is 4.79 Å². The number of nitrogens with one attached hydrogen (secondary N) is 1. The molecule has 1 rings (SSSR count). The van der Waals surface area contributed by atoms with Crippen LogP contribution in [0, 0.1) is 11.8 Å². The quantitative estimate of drug-likeness (QED) is 0.785. The minimum atomic E-state index is -0.814. The first-order valence-corrected chi connectivity index (χ1v) is 6.26. The summed E-state index contributed by atoms with van der Waals surface area (Å²) in [6, 6.07) is -0.0607. The molecule has 5 nitrogen and oxygen atoms in total. The Labute approximate surface area is 102 Å². The fourth-order valence-electron chi connectivity index (χ4n) is 1.84. The molecule has 0 saturated carbocycles. The van der Waals surface area contributed by atoms with Gasteiger partial charge in [0, 0.05) is 19.6 Å². The van der Waals surface area contributed by atoms with Crippen molar-refractivity contribution in [3.63, 3.8) is 0 Å². The van der Waals surface area contributed by atoms with Crippen LogP contribution < -0.4 is 5.32 Å². The topological polar surface area (TPSA) is 69.6 Å². The van der Waals surface area contributed by atoms with Crippen molar-refractivity contribution in [3.8, 4) is 0 Å². The summed E-state index contributed by atoms with van der Waals surface area (Å²) in [5, 5.41) is 11.5. The van der Waals surface area contributed by atoms with Gasteiger partial charge in [0.05, 0.1) is 5.92 Å². The Morgan fingerprint density at radius 3 is 2.53 bits per heavy atom. The number of piperidine rings is 1. The van der Waals surface area contributed by atoms with Crippen molar-refractivity contribution in [2.75, 3.05) is 19.6 Å². The van der Waals surface area contributed by atoms with Gasteiger partial charge in [-0.15, -0.1) is 0 Å². The average molecular weight is 242 g/mol. The first-order chi connectivity index (χ1) is 8.00. The van der Waals surface area contributed by atoms with Crippen molar-refractivity contribution >= 4 is 12.0 Å². The summed E-state index contributed by atoms with van der Waals surface area (Å²) >= 11 is 0. The van der Waals surface area contributed by atoms with Crippen LogP contribution in [0.5, 0.6) is 0 Å². The Balaban J connectivity index is 2.19. The highest BCUT2D eigenvalue weighted by Crippen LogP contribution is 2.15. The van der Waals surface area contributed by atoms with E-state index in [1.54, 1.807) is 6.92 Å². The molecule has 98 valence electrons. The van der Waals surface area contributed by atoms with E-state index >= 15 is 0 Å². The van der Waals surface area contributed by atoms with Crippen LogP contribution in [-0.2, 0) is 4.79 Å². The molecule has 0 aromatic rings. The third kappa shape index (κ3) is 4.63. The smallest absolute Gasteiger partial charge is 0.317 e. The van der Waals surface area contributed by atoms with Crippen LogP contribution in [0.25, 0.3) is 0 Å². The zero-order valence-corrected chi connectivity index (χ0v) is 10.6. The number of hydrogen-bond acceptors (Lipinski definition) is 2. The fraction of sp³-hybridized carbons (Fsp3) is 0.833. The first kappa shape index (κ1) is 13.8. The van der Waals surface area contributed by atoms with Crippen LogP contribution in [0.4, 0.5) is 4.79 Å². The SMILES string of the molecule is CC1CCN(C(=O)NCCC(C)C(=O)O)CC1. The minimum Gasteiger partial charge on any atom is -0.481 e. The van der Waals surface area contributed by atoms with Gasteiger partial charge in [0.15, 0.2) is 0 Å². The zero-order chi connectivity index (χ0) is 12.8. The molecule has 1 fully saturated rings. The van der Waals surface area contributed by atoms with Gasteiger partial charge in [-0.3, -0.25) is 4.79 Å². The summed E-state index contributed by atoms with van der Waals surface area (Å²) in [7, 11) is 0. The first-order valence-electron chi connectivity index (χ1n) is 6.26. The Morgan fingerprint density at radius 2 is 2.00 bits per heavy atom. The minimum absolute atomic E-state index is 0.0607. The molecule has 0 radical (unpaired) electrons. The van der Waals surface area contributed by atoms with Gasteiger partial charge in [-0.05, 0) is 25.2 Å². The maximum Gasteiger partial charge on any atom is 0.317 e. The van der Waals surface area contributed by atoms with Crippen molar-refractivity contribution in [2.24, 2.45) is 11.8 Å². The van der Waals surface area contributed by atoms with E-state index in [0.29, 0.717) is 18.9 Å². The van der Waals surface area contributed by atoms with E-state index in [1.165, 1.54) is 0 Å². The Kier molecular flexibility index (Phi) is 5.25. The van der Waals surface area contributed by atoms with Gasteiger partial charge in [0.2, 0.25) is 0 Å². The van der Waals surface area contributed by atoms with Crippen LogP contribution in [0.1, 0.15) is 33.1 Å². The molecule has 0 aliphatic carbocycles. The molecule has 1 saturated heterocycles. The summed E-state index contributed by atoms with van der Waals surface area (Å²) in [5.74, 6) is -0.520. The zero-order valence-electron chi connectivity index (χ0n) is 10.6. The van der Waals surface area contributed by atoms with Gasteiger partial charge >= 0.3 is 12.0 Å². The van der Waals surface area contributed by atoms with E-state index in [1.807, 2.05) is 4.90 Å². The molecular formula is C12H22N2O3. The number of rotatable bonds is 4. The normalized spacial score (nSPS) is 18.8. The number of urea groups is 1. The van der Waals surface area contributed by atoms with Gasteiger partial charge in [-0.1, -0.05) is 13.8 Å². The molecule has 0 aromatic carbocycles. The second-order valence-corrected chi connectivity index (χ2v) is 4.93. The van der Waals surface area contributed by atoms with Crippen molar-refractivity contribution in [3.05, 3.63) is 0 Å². The molecular weight excluding hydrogens is 220 g/mol. The third-order valence-corrected chi connectivity index (χ3v) is 3.35. The summed E-state index contributed by atoms with van der Waals surface area (Å²) in [6.45, 7) is 5.89. The van der Waals surface area contributed by atoms with E-state index < -0.39 is 11.9 Å². The van der Waals surface area contributed by atoms with E-state index in [-0.39, 0.29) is 6.03 Å². The van der Waals surface area contributed by atoms with E-state index in [0.717, 1.165) is 25.9 Å². The monoisotopic (exact) mass is 242 g/mol. The number of carbonyl (C=O) groups excluding carboxylic acids is 1. The highest BCUT2D eigenvalue weighted by molar-refractivity contribution is 5.74. The molecule has 2 N–H and O–H groups in total. The second-order valence-electron chi connectivity index (χ2n) is 4.93. The third-order valence-electron chi connectivity index (χ3n) is 3.35. The summed E-state index contributed by atoms with van der Waals surface area (Å²) < 4.78 is 0. The number of hydrogen-bond donors (Lipinski definition) is 2. The molecule has 0 spiro atoms. The largest absolute Gasteiger partial charge is 0.481 e. The molecule has 17 heavy (non-hydrogen) atoms. The Bertz CT molecular complexity index is 273. The summed E-state index contributed by atoms with van der Waals surface area (Å²) in [4.78, 5) is 24.1. The predicted octanol–water partition coefficient (Wildman–Crippen LogP) is 1.54. The maximum absolute atomic E-state index is 11.7. The van der Waals surface area contributed by atoms with Crippen molar-refractivity contribution < 1.29 is 14.7 Å². The van der Waals surface area contributed by atoms with Crippen LogP contribution in [0.2, 0.25) is 0 Å². The van der Waals surface area contributed by atoms with Gasteiger partial charge in [-0.2, -0.15) is 0 Å². The van der Waals surface area contributed by atoms with Crippen LogP contribution in [0.3, 0.4) is 0 Å². The molecule has 1 unspecified atom stereocenters. The maximum atomic E-state index is 11.7. The van der Waals surface area contributed by atoms with Crippen LogP contribution in [0.15, 0.2) is 0 Å². The number of nitrogens with zero attached hydrogens (tertiary/aromatic N) is 1. The summed E-state index contributed by atoms with van der Waals surface area (Å²) in [5.41, 5.74) is 0. The molecule has 5 heteroatoms. The molecule has 1 heterocycles. The van der Waals surface area contributed by atoms with Crippen molar-refractivity contribution in [2.45, 2.75) is 33.1 Å².